The molecule has 0 bridgehead atoms. The fourth-order valence-electron chi connectivity index (χ4n) is 4.98. The Kier molecular flexibility index (Phi) is 7.98. The molecule has 6 rings (SSSR count). The van der Waals surface area contributed by atoms with Crippen molar-refractivity contribution in [1.82, 2.24) is 19.3 Å². The number of amides is 1. The van der Waals surface area contributed by atoms with Crippen molar-refractivity contribution in [3.8, 4) is 16.9 Å². The zero-order valence-corrected chi connectivity index (χ0v) is 25.4. The average molecular weight is 626 g/mol. The second-order valence-electron chi connectivity index (χ2n) is 11.1. The minimum Gasteiger partial charge on any atom is -0.491 e. The van der Waals surface area contributed by atoms with Crippen LogP contribution in [0.2, 0.25) is 0 Å². The summed E-state index contributed by atoms with van der Waals surface area (Å²) < 4.78 is 34.9. The lowest BCUT2D eigenvalue weighted by Crippen LogP contribution is -2.25. The number of pyridine rings is 2. The molecule has 1 fully saturated rings. The summed E-state index contributed by atoms with van der Waals surface area (Å²) >= 11 is 0. The molecule has 1 amide bonds. The molecule has 1 aliphatic rings. The predicted molar refractivity (Wildman–Crippen MR) is 169 cm³/mol. The number of carboxylic acid groups (broad SMARTS) is 1. The van der Waals surface area contributed by atoms with Crippen molar-refractivity contribution in [2.24, 2.45) is 0 Å². The van der Waals surface area contributed by atoms with Crippen molar-refractivity contribution < 1.29 is 27.9 Å². The van der Waals surface area contributed by atoms with Crippen LogP contribution in [0.4, 0.5) is 5.82 Å². The van der Waals surface area contributed by atoms with E-state index in [0.29, 0.717) is 27.8 Å². The zero-order valence-electron chi connectivity index (χ0n) is 24.6. The van der Waals surface area contributed by atoms with Crippen LogP contribution in [-0.2, 0) is 16.6 Å². The molecule has 3 N–H and O–H groups in total. The number of nitrogens with one attached hydrogen (secondary N) is 2. The third kappa shape index (κ3) is 6.36. The van der Waals surface area contributed by atoms with Crippen LogP contribution in [0.3, 0.4) is 0 Å². The fraction of sp³-hybridized carbons (Fsp3) is 0.212. The zero-order chi connectivity index (χ0) is 31.7. The lowest BCUT2D eigenvalue weighted by molar-refractivity contribution is 0.0697. The largest absolute Gasteiger partial charge is 0.491 e. The summed E-state index contributed by atoms with van der Waals surface area (Å²) in [5.74, 6) is -0.642. The molecule has 3 aromatic heterocycles. The number of carboxylic acids is 1. The van der Waals surface area contributed by atoms with Gasteiger partial charge >= 0.3 is 5.97 Å². The minimum absolute atomic E-state index is 0.0320. The molecular formula is C33H31N5O6S. The Morgan fingerprint density at radius 2 is 1.82 bits per heavy atom. The van der Waals surface area contributed by atoms with E-state index in [2.05, 4.69) is 20.6 Å². The molecule has 12 heteroatoms. The van der Waals surface area contributed by atoms with Crippen molar-refractivity contribution in [3.63, 3.8) is 0 Å². The van der Waals surface area contributed by atoms with Crippen LogP contribution in [0, 0.1) is 0 Å². The van der Waals surface area contributed by atoms with Gasteiger partial charge in [0.15, 0.2) is 5.65 Å². The van der Waals surface area contributed by atoms with Gasteiger partial charge in [0, 0.05) is 42.1 Å². The summed E-state index contributed by atoms with van der Waals surface area (Å²) in [4.78, 5) is 33.4. The van der Waals surface area contributed by atoms with E-state index in [1.165, 1.54) is 36.8 Å². The van der Waals surface area contributed by atoms with Crippen LogP contribution in [0.5, 0.6) is 5.75 Å². The van der Waals surface area contributed by atoms with Crippen molar-refractivity contribution >= 4 is 38.8 Å². The van der Waals surface area contributed by atoms with Crippen LogP contribution in [0.25, 0.3) is 22.2 Å². The molecule has 45 heavy (non-hydrogen) atoms. The molecule has 3 heterocycles. The number of ether oxygens (including phenoxy) is 1. The minimum atomic E-state index is -4.05. The quantitative estimate of drug-likeness (QED) is 0.177. The molecule has 0 aliphatic heterocycles. The van der Waals surface area contributed by atoms with E-state index in [-0.39, 0.29) is 46.5 Å². The Morgan fingerprint density at radius 1 is 1.04 bits per heavy atom. The van der Waals surface area contributed by atoms with Crippen molar-refractivity contribution in [1.29, 1.82) is 0 Å². The normalized spacial score (nSPS) is 13.1. The van der Waals surface area contributed by atoms with Gasteiger partial charge in [0.25, 0.3) is 15.9 Å². The van der Waals surface area contributed by atoms with E-state index < -0.39 is 16.0 Å². The summed E-state index contributed by atoms with van der Waals surface area (Å²) in [6.07, 6.45) is 6.09. The third-order valence-corrected chi connectivity index (χ3v) is 8.90. The maximum Gasteiger partial charge on any atom is 0.339 e. The average Bonchev–Trinajstić information content (AvgIpc) is 3.75. The van der Waals surface area contributed by atoms with Crippen LogP contribution in [0.1, 0.15) is 53.0 Å². The van der Waals surface area contributed by atoms with E-state index in [1.54, 1.807) is 36.4 Å². The molecule has 1 aliphatic carbocycles. The van der Waals surface area contributed by atoms with E-state index in [0.717, 1.165) is 22.4 Å². The highest BCUT2D eigenvalue weighted by atomic mass is 32.2. The van der Waals surface area contributed by atoms with Gasteiger partial charge in [-0.15, -0.1) is 0 Å². The molecule has 230 valence electrons. The van der Waals surface area contributed by atoms with Crippen molar-refractivity contribution in [2.45, 2.75) is 50.3 Å². The van der Waals surface area contributed by atoms with Crippen LogP contribution in [0.15, 0.2) is 90.2 Å². The molecule has 0 unspecified atom stereocenters. The second-order valence-corrected chi connectivity index (χ2v) is 12.9. The van der Waals surface area contributed by atoms with E-state index in [9.17, 15) is 23.1 Å². The maximum absolute atomic E-state index is 13.8. The topological polar surface area (TPSA) is 153 Å². The number of hydrogen-bond donors (Lipinski definition) is 3. The van der Waals surface area contributed by atoms with Crippen molar-refractivity contribution in [2.75, 3.05) is 5.32 Å². The number of anilines is 1. The highest BCUT2D eigenvalue weighted by Gasteiger charge is 2.27. The van der Waals surface area contributed by atoms with Gasteiger partial charge in [-0.05, 0) is 86.3 Å². The van der Waals surface area contributed by atoms with Gasteiger partial charge in [0.2, 0.25) is 0 Å². The molecule has 0 radical (unpaired) electrons. The van der Waals surface area contributed by atoms with Gasteiger partial charge in [-0.1, -0.05) is 18.2 Å². The first kappa shape index (κ1) is 29.8. The smallest absolute Gasteiger partial charge is 0.339 e. The van der Waals surface area contributed by atoms with Crippen LogP contribution in [-0.4, -0.2) is 51.5 Å². The number of carbonyl (C=O) groups excluding carboxylic acids is 1. The fourth-order valence-corrected chi connectivity index (χ4v) is 6.33. The molecule has 11 nitrogen and oxygen atoms in total. The summed E-state index contributed by atoms with van der Waals surface area (Å²) in [6.45, 7) is 3.99. The highest BCUT2D eigenvalue weighted by Crippen LogP contribution is 2.36. The first-order chi connectivity index (χ1) is 21.6. The van der Waals surface area contributed by atoms with Gasteiger partial charge < -0.3 is 20.5 Å². The molecule has 2 aromatic carbocycles. The molecule has 5 aromatic rings. The lowest BCUT2D eigenvalue weighted by atomic mass is 10.0. The number of fused-ring (bicyclic) bond motifs is 1. The lowest BCUT2D eigenvalue weighted by Gasteiger charge is -2.15. The second kappa shape index (κ2) is 12.0. The molecular weight excluding hydrogens is 594 g/mol. The Balaban J connectivity index is 1.49. The summed E-state index contributed by atoms with van der Waals surface area (Å²) in [5.41, 5.74) is 2.40. The van der Waals surface area contributed by atoms with Crippen LogP contribution >= 0.6 is 0 Å². The maximum atomic E-state index is 13.8. The Hall–Kier alpha value is -5.23. The number of aromatic carboxylic acids is 1. The standard InChI is InChI=1S/C33H31N5O6S/c1-20(2)44-25-14-21(17-35-30-27(33(40)41)9-6-12-34-30)13-22(15-25)29-19-38(45(42,43)26-7-4-3-5-8-26)31-28(29)16-23(18-36-31)32(39)37-24-10-11-24/h3-9,12-16,18-20,24H,10-11,17H2,1-2H3,(H,34,35)(H,37,39)(H,40,41). The summed E-state index contributed by atoms with van der Waals surface area (Å²) in [5, 5.41) is 16.1. The Morgan fingerprint density at radius 3 is 2.53 bits per heavy atom. The van der Waals surface area contributed by atoms with E-state index in [1.807, 2.05) is 26.0 Å². The van der Waals surface area contributed by atoms with Crippen LogP contribution < -0.4 is 15.4 Å². The third-order valence-electron chi connectivity index (χ3n) is 7.23. The predicted octanol–water partition coefficient (Wildman–Crippen LogP) is 5.33. The number of nitrogens with zero attached hydrogens (tertiary/aromatic N) is 3. The first-order valence-corrected chi connectivity index (χ1v) is 15.9. The first-order valence-electron chi connectivity index (χ1n) is 14.5. The van der Waals surface area contributed by atoms with Gasteiger partial charge in [0.05, 0.1) is 16.6 Å². The van der Waals surface area contributed by atoms with E-state index in [4.69, 9.17) is 4.74 Å². The van der Waals surface area contributed by atoms with Gasteiger partial charge in [-0.3, -0.25) is 4.79 Å². The number of benzene rings is 2. The number of carbonyl (C=O) groups is 2. The summed E-state index contributed by atoms with van der Waals surface area (Å²) in [7, 11) is -4.05. The SMILES string of the molecule is CC(C)Oc1cc(CNc2ncccc2C(=O)O)cc(-c2cn(S(=O)(=O)c3ccccc3)c3ncc(C(=O)NC4CC4)cc23)c1. The monoisotopic (exact) mass is 625 g/mol. The highest BCUT2D eigenvalue weighted by molar-refractivity contribution is 7.90. The number of rotatable bonds is 11. The number of hydrogen-bond acceptors (Lipinski definition) is 8. The molecule has 0 atom stereocenters. The molecule has 1 saturated carbocycles. The van der Waals surface area contributed by atoms with Gasteiger partial charge in [-0.25, -0.2) is 27.2 Å². The summed E-state index contributed by atoms with van der Waals surface area (Å²) in [6, 6.07) is 18.4. The molecule has 0 spiro atoms. The van der Waals surface area contributed by atoms with Crippen molar-refractivity contribution in [3.05, 3.63) is 102 Å². The number of aromatic nitrogens is 3. The Bertz CT molecular complexity index is 2020. The van der Waals surface area contributed by atoms with E-state index >= 15 is 0 Å². The molecule has 0 saturated heterocycles. The Labute approximate surface area is 260 Å². The van der Waals surface area contributed by atoms with Gasteiger partial charge in [-0.2, -0.15) is 0 Å². The van der Waals surface area contributed by atoms with Gasteiger partial charge in [0.1, 0.15) is 17.1 Å².